The van der Waals surface area contributed by atoms with Crippen molar-refractivity contribution in [3.63, 3.8) is 0 Å². The second kappa shape index (κ2) is 9.66. The zero-order valence-corrected chi connectivity index (χ0v) is 18.4. The van der Waals surface area contributed by atoms with E-state index >= 15 is 0 Å². The molecule has 1 N–H and O–H groups in total. The number of para-hydroxylation sites is 1. The van der Waals surface area contributed by atoms with Gasteiger partial charge in [-0.25, -0.2) is 4.79 Å². The Kier molecular flexibility index (Phi) is 6.97. The van der Waals surface area contributed by atoms with Gasteiger partial charge in [-0.3, -0.25) is 4.79 Å². The molecule has 3 aromatic rings. The van der Waals surface area contributed by atoms with Crippen molar-refractivity contribution in [1.29, 1.82) is 0 Å². The van der Waals surface area contributed by atoms with Gasteiger partial charge in [0.2, 0.25) is 0 Å². The first kappa shape index (κ1) is 22.4. The van der Waals surface area contributed by atoms with E-state index in [-0.39, 0.29) is 12.2 Å². The van der Waals surface area contributed by atoms with Crippen molar-refractivity contribution < 1.29 is 23.6 Å². The molecular weight excluding hydrogens is 420 g/mol. The number of nitrogens with one attached hydrogen (secondary N) is 1. The van der Waals surface area contributed by atoms with E-state index in [2.05, 4.69) is 10.5 Å². The number of nitrogens with zero attached hydrogens (tertiary/aromatic N) is 1. The summed E-state index contributed by atoms with van der Waals surface area (Å²) in [7, 11) is 0. The number of hydrogen-bond donors (Lipinski definition) is 1. The maximum absolute atomic E-state index is 12.7. The molecule has 0 spiro atoms. The average molecular weight is 443 g/mol. The minimum Gasteiger partial charge on any atom is -0.488 e. The third kappa shape index (κ3) is 5.44. The number of esters is 1. The van der Waals surface area contributed by atoms with Gasteiger partial charge in [0, 0.05) is 10.7 Å². The zero-order chi connectivity index (χ0) is 22.5. The van der Waals surface area contributed by atoms with E-state index in [9.17, 15) is 9.59 Å². The maximum Gasteiger partial charge on any atom is 0.342 e. The largest absolute Gasteiger partial charge is 0.488 e. The number of anilines is 1. The molecule has 8 heteroatoms. The Morgan fingerprint density at radius 2 is 1.90 bits per heavy atom. The van der Waals surface area contributed by atoms with Crippen molar-refractivity contribution in [2.75, 3.05) is 5.32 Å². The van der Waals surface area contributed by atoms with Crippen LogP contribution in [-0.4, -0.2) is 23.1 Å². The Morgan fingerprint density at radius 1 is 1.16 bits per heavy atom. The second-order valence-corrected chi connectivity index (χ2v) is 7.52. The highest BCUT2D eigenvalue weighted by Gasteiger charge is 2.22. The normalized spacial score (nSPS) is 11.6. The fourth-order valence-corrected chi connectivity index (χ4v) is 3.03. The van der Waals surface area contributed by atoms with Gasteiger partial charge in [0.25, 0.3) is 5.91 Å². The highest BCUT2D eigenvalue weighted by Crippen LogP contribution is 2.24. The highest BCUT2D eigenvalue weighted by atomic mass is 35.5. The van der Waals surface area contributed by atoms with Crippen molar-refractivity contribution >= 4 is 29.2 Å². The SMILES string of the molecule is Cc1ccc(Cl)cc1NC(=O)C(C)OC(=O)c1ccccc1OCc1c(C)noc1C. The van der Waals surface area contributed by atoms with Crippen molar-refractivity contribution in [3.05, 3.63) is 75.6 Å². The molecule has 0 aliphatic heterocycles. The number of halogens is 1. The number of carbonyl (C=O) groups excluding carboxylic acids is 2. The molecule has 3 rings (SSSR count). The lowest BCUT2D eigenvalue weighted by Gasteiger charge is -2.16. The first-order chi connectivity index (χ1) is 14.8. The van der Waals surface area contributed by atoms with E-state index in [0.29, 0.717) is 22.2 Å². The van der Waals surface area contributed by atoms with Crippen LogP contribution >= 0.6 is 11.6 Å². The Hall–Kier alpha value is -3.32. The standard InChI is InChI=1S/C23H23ClN2O5/c1-13-9-10-17(24)11-20(13)25-22(27)16(4)30-23(28)18-7-5-6-8-21(18)29-12-19-14(2)26-31-15(19)3/h5-11,16H,12H2,1-4H3,(H,25,27). The summed E-state index contributed by atoms with van der Waals surface area (Å²) >= 11 is 5.99. The Morgan fingerprint density at radius 3 is 2.61 bits per heavy atom. The van der Waals surface area contributed by atoms with Gasteiger partial charge in [-0.1, -0.05) is 35.0 Å². The average Bonchev–Trinajstić information content (AvgIpc) is 3.06. The van der Waals surface area contributed by atoms with Crippen LogP contribution in [0.25, 0.3) is 0 Å². The molecule has 1 atom stereocenters. The van der Waals surface area contributed by atoms with E-state index in [1.54, 1.807) is 49.4 Å². The van der Waals surface area contributed by atoms with Crippen molar-refractivity contribution in [3.8, 4) is 5.75 Å². The summed E-state index contributed by atoms with van der Waals surface area (Å²) in [5, 5.41) is 7.12. The van der Waals surface area contributed by atoms with Crippen LogP contribution in [0.5, 0.6) is 5.75 Å². The minimum atomic E-state index is -1.03. The summed E-state index contributed by atoms with van der Waals surface area (Å²) in [5.41, 5.74) is 3.15. The number of aromatic nitrogens is 1. The van der Waals surface area contributed by atoms with E-state index < -0.39 is 18.0 Å². The second-order valence-electron chi connectivity index (χ2n) is 7.08. The van der Waals surface area contributed by atoms with Gasteiger partial charge in [0.05, 0.1) is 11.3 Å². The van der Waals surface area contributed by atoms with E-state index in [4.69, 9.17) is 25.6 Å². The molecule has 0 bridgehead atoms. The molecule has 162 valence electrons. The number of ether oxygens (including phenoxy) is 2. The fourth-order valence-electron chi connectivity index (χ4n) is 2.86. The smallest absolute Gasteiger partial charge is 0.342 e. The molecule has 0 aliphatic carbocycles. The first-order valence-electron chi connectivity index (χ1n) is 9.68. The quantitative estimate of drug-likeness (QED) is 0.517. The molecule has 0 fully saturated rings. The van der Waals surface area contributed by atoms with Crippen LogP contribution in [0.4, 0.5) is 5.69 Å². The summed E-state index contributed by atoms with van der Waals surface area (Å²) in [4.78, 5) is 25.2. The Bertz CT molecular complexity index is 1090. The van der Waals surface area contributed by atoms with E-state index in [0.717, 1.165) is 16.8 Å². The molecular formula is C23H23ClN2O5. The molecule has 2 aromatic carbocycles. The Labute approximate surface area is 185 Å². The number of carbonyl (C=O) groups is 2. The van der Waals surface area contributed by atoms with Gasteiger partial charge in [-0.15, -0.1) is 0 Å². The van der Waals surface area contributed by atoms with Crippen LogP contribution in [0.1, 0.15) is 39.9 Å². The van der Waals surface area contributed by atoms with Gasteiger partial charge in [0.1, 0.15) is 23.7 Å². The van der Waals surface area contributed by atoms with Crippen LogP contribution < -0.4 is 10.1 Å². The summed E-state index contributed by atoms with van der Waals surface area (Å²) in [6.45, 7) is 7.14. The first-order valence-corrected chi connectivity index (χ1v) is 10.1. The summed E-state index contributed by atoms with van der Waals surface area (Å²) in [6.07, 6.45) is -1.03. The zero-order valence-electron chi connectivity index (χ0n) is 17.7. The van der Waals surface area contributed by atoms with E-state index in [1.807, 2.05) is 13.8 Å². The molecule has 1 amide bonds. The summed E-state index contributed by atoms with van der Waals surface area (Å²) in [5.74, 6) is -0.141. The van der Waals surface area contributed by atoms with Crippen LogP contribution in [0.15, 0.2) is 47.0 Å². The van der Waals surface area contributed by atoms with Crippen LogP contribution in [-0.2, 0) is 16.1 Å². The van der Waals surface area contributed by atoms with Crippen LogP contribution in [0.2, 0.25) is 5.02 Å². The fraction of sp³-hybridized carbons (Fsp3) is 0.261. The molecule has 31 heavy (non-hydrogen) atoms. The third-order valence-corrected chi connectivity index (χ3v) is 5.01. The van der Waals surface area contributed by atoms with Crippen molar-refractivity contribution in [2.45, 2.75) is 40.4 Å². The topological polar surface area (TPSA) is 90.7 Å². The monoisotopic (exact) mass is 442 g/mol. The van der Waals surface area contributed by atoms with Gasteiger partial charge in [-0.05, 0) is 57.5 Å². The van der Waals surface area contributed by atoms with Crippen molar-refractivity contribution in [1.82, 2.24) is 5.16 Å². The van der Waals surface area contributed by atoms with Crippen LogP contribution in [0.3, 0.4) is 0 Å². The highest BCUT2D eigenvalue weighted by molar-refractivity contribution is 6.31. The lowest BCUT2D eigenvalue weighted by molar-refractivity contribution is -0.123. The molecule has 0 saturated carbocycles. The van der Waals surface area contributed by atoms with Gasteiger partial charge < -0.3 is 19.3 Å². The third-order valence-electron chi connectivity index (χ3n) is 4.77. The number of hydrogen-bond acceptors (Lipinski definition) is 6. The molecule has 1 heterocycles. The lowest BCUT2D eigenvalue weighted by Crippen LogP contribution is -2.30. The molecule has 0 radical (unpaired) electrons. The van der Waals surface area contributed by atoms with Gasteiger partial charge in [0.15, 0.2) is 6.10 Å². The predicted octanol–water partition coefficient (Wildman–Crippen LogP) is 5.02. The predicted molar refractivity (Wildman–Crippen MR) is 116 cm³/mol. The molecule has 7 nitrogen and oxygen atoms in total. The number of rotatable bonds is 7. The molecule has 0 saturated heterocycles. The molecule has 1 unspecified atom stereocenters. The van der Waals surface area contributed by atoms with Gasteiger partial charge in [-0.2, -0.15) is 0 Å². The number of aryl methyl sites for hydroxylation is 3. The van der Waals surface area contributed by atoms with Gasteiger partial charge >= 0.3 is 5.97 Å². The maximum atomic E-state index is 12.7. The summed E-state index contributed by atoms with van der Waals surface area (Å²) in [6, 6.07) is 11.8. The van der Waals surface area contributed by atoms with E-state index in [1.165, 1.54) is 6.92 Å². The molecule has 0 aliphatic rings. The number of amides is 1. The number of benzene rings is 2. The lowest BCUT2D eigenvalue weighted by atomic mass is 10.2. The minimum absolute atomic E-state index is 0.190. The van der Waals surface area contributed by atoms with Crippen LogP contribution in [0, 0.1) is 20.8 Å². The van der Waals surface area contributed by atoms with Crippen molar-refractivity contribution in [2.24, 2.45) is 0 Å². The Balaban J connectivity index is 1.67. The molecule has 1 aromatic heterocycles. The summed E-state index contributed by atoms with van der Waals surface area (Å²) < 4.78 is 16.3.